The standard InChI is InChI=1S/C15H17N5O2.2ClH/c16-15(22)13-9-18-12(8-19-13)6-5-10-1-3-11(4-2-10)7-14(21)20-17;;/h1-4,8-9H,5-7,17H2,(H2,16,22)(H,20,21);2*1H. The summed E-state index contributed by atoms with van der Waals surface area (Å²) in [6.07, 6.45) is 4.69. The molecule has 0 unspecified atom stereocenters. The molecule has 7 nitrogen and oxygen atoms in total. The van der Waals surface area contributed by atoms with Gasteiger partial charge in [0.15, 0.2) is 0 Å². The van der Waals surface area contributed by atoms with Gasteiger partial charge in [0.2, 0.25) is 5.91 Å². The summed E-state index contributed by atoms with van der Waals surface area (Å²) in [6.45, 7) is 0. The van der Waals surface area contributed by atoms with Crippen molar-refractivity contribution in [2.75, 3.05) is 0 Å². The van der Waals surface area contributed by atoms with E-state index < -0.39 is 5.91 Å². The van der Waals surface area contributed by atoms with Crippen LogP contribution in [0.4, 0.5) is 0 Å². The summed E-state index contributed by atoms with van der Waals surface area (Å²) in [4.78, 5) is 30.2. The van der Waals surface area contributed by atoms with E-state index in [0.717, 1.165) is 23.2 Å². The van der Waals surface area contributed by atoms with Crippen LogP contribution < -0.4 is 17.0 Å². The minimum Gasteiger partial charge on any atom is -0.364 e. The number of benzene rings is 1. The van der Waals surface area contributed by atoms with Crippen LogP contribution in [-0.2, 0) is 24.1 Å². The van der Waals surface area contributed by atoms with Crippen molar-refractivity contribution in [1.82, 2.24) is 15.4 Å². The lowest BCUT2D eigenvalue weighted by molar-refractivity contribution is -0.120. The van der Waals surface area contributed by atoms with Gasteiger partial charge in [0, 0.05) is 6.20 Å². The fourth-order valence-corrected chi connectivity index (χ4v) is 1.94. The number of nitrogens with one attached hydrogen (secondary N) is 1. The average Bonchev–Trinajstić information content (AvgIpc) is 2.54. The molecular formula is C15H19Cl2N5O2. The SMILES string of the molecule is Cl.Cl.NNC(=O)Cc1ccc(CCc2cnc(C(N)=O)cn2)cc1. The summed E-state index contributed by atoms with van der Waals surface area (Å²) in [5.74, 6) is 4.24. The number of carbonyl (C=O) groups is 2. The highest BCUT2D eigenvalue weighted by molar-refractivity contribution is 5.90. The number of carbonyl (C=O) groups excluding carboxylic acids is 2. The monoisotopic (exact) mass is 371 g/mol. The Morgan fingerprint density at radius 2 is 1.58 bits per heavy atom. The van der Waals surface area contributed by atoms with Crippen LogP contribution in [0.1, 0.15) is 27.3 Å². The van der Waals surface area contributed by atoms with Gasteiger partial charge in [-0.2, -0.15) is 0 Å². The third kappa shape index (κ3) is 6.49. The van der Waals surface area contributed by atoms with E-state index in [2.05, 4.69) is 15.4 Å². The Morgan fingerprint density at radius 3 is 2.08 bits per heavy atom. The first kappa shape index (κ1) is 21.8. The zero-order valence-corrected chi connectivity index (χ0v) is 14.4. The van der Waals surface area contributed by atoms with E-state index in [1.165, 1.54) is 6.20 Å². The molecule has 0 atom stereocenters. The van der Waals surface area contributed by atoms with E-state index in [4.69, 9.17) is 11.6 Å². The van der Waals surface area contributed by atoms with E-state index >= 15 is 0 Å². The lowest BCUT2D eigenvalue weighted by Gasteiger charge is -2.04. The Labute approximate surface area is 152 Å². The fraction of sp³-hybridized carbons (Fsp3) is 0.200. The van der Waals surface area contributed by atoms with Crippen molar-refractivity contribution in [2.24, 2.45) is 11.6 Å². The number of rotatable bonds is 6. The predicted molar refractivity (Wildman–Crippen MR) is 94.9 cm³/mol. The van der Waals surface area contributed by atoms with Crippen LogP contribution in [-0.4, -0.2) is 21.8 Å². The number of halogens is 2. The number of amides is 2. The van der Waals surface area contributed by atoms with E-state index in [-0.39, 0.29) is 42.8 Å². The molecule has 0 aliphatic heterocycles. The van der Waals surface area contributed by atoms with Gasteiger partial charge in [-0.15, -0.1) is 24.8 Å². The number of primary amides is 1. The van der Waals surface area contributed by atoms with Gasteiger partial charge < -0.3 is 5.73 Å². The first-order chi connectivity index (χ1) is 10.6. The molecule has 2 aromatic rings. The number of hydrogen-bond acceptors (Lipinski definition) is 5. The second-order valence-electron chi connectivity index (χ2n) is 4.82. The lowest BCUT2D eigenvalue weighted by Crippen LogP contribution is -2.31. The Morgan fingerprint density at radius 1 is 0.958 bits per heavy atom. The Hall–Kier alpha value is -2.22. The van der Waals surface area contributed by atoms with Gasteiger partial charge in [0.25, 0.3) is 5.91 Å². The van der Waals surface area contributed by atoms with Crippen LogP contribution in [0.15, 0.2) is 36.7 Å². The summed E-state index contributed by atoms with van der Waals surface area (Å²) in [5.41, 5.74) is 10.2. The van der Waals surface area contributed by atoms with Gasteiger partial charge in [-0.25, -0.2) is 10.8 Å². The first-order valence-corrected chi connectivity index (χ1v) is 6.76. The van der Waals surface area contributed by atoms with Crippen molar-refractivity contribution >= 4 is 36.6 Å². The third-order valence-electron chi connectivity index (χ3n) is 3.18. The average molecular weight is 372 g/mol. The molecule has 5 N–H and O–H groups in total. The van der Waals surface area contributed by atoms with E-state index in [1.807, 2.05) is 24.3 Å². The Balaban J connectivity index is 0.00000264. The number of hydrogen-bond donors (Lipinski definition) is 3. The van der Waals surface area contributed by atoms with Crippen molar-refractivity contribution in [3.63, 3.8) is 0 Å². The van der Waals surface area contributed by atoms with Gasteiger partial charge in [-0.3, -0.25) is 20.0 Å². The molecule has 1 aromatic heterocycles. The second-order valence-corrected chi connectivity index (χ2v) is 4.82. The number of nitrogens with two attached hydrogens (primary N) is 2. The third-order valence-corrected chi connectivity index (χ3v) is 3.18. The molecule has 2 amide bonds. The molecule has 2 rings (SSSR count). The molecule has 0 aliphatic rings. The largest absolute Gasteiger partial charge is 0.364 e. The van der Waals surface area contributed by atoms with Crippen LogP contribution in [0, 0.1) is 0 Å². The molecule has 0 saturated carbocycles. The first-order valence-electron chi connectivity index (χ1n) is 6.76. The van der Waals surface area contributed by atoms with Crippen LogP contribution in [0.25, 0.3) is 0 Å². The minimum absolute atomic E-state index is 0. The van der Waals surface area contributed by atoms with Crippen LogP contribution >= 0.6 is 24.8 Å². The van der Waals surface area contributed by atoms with E-state index in [9.17, 15) is 9.59 Å². The van der Waals surface area contributed by atoms with Crippen LogP contribution in [0.5, 0.6) is 0 Å². The summed E-state index contributed by atoms with van der Waals surface area (Å²) >= 11 is 0. The zero-order valence-electron chi connectivity index (χ0n) is 12.8. The fourth-order valence-electron chi connectivity index (χ4n) is 1.94. The Kier molecular flexibility index (Phi) is 9.56. The van der Waals surface area contributed by atoms with Crippen molar-refractivity contribution < 1.29 is 9.59 Å². The van der Waals surface area contributed by atoms with Gasteiger partial charge in [-0.05, 0) is 24.0 Å². The normalized spacial score (nSPS) is 9.38. The van der Waals surface area contributed by atoms with E-state index in [1.54, 1.807) is 6.20 Å². The van der Waals surface area contributed by atoms with Crippen molar-refractivity contribution in [1.29, 1.82) is 0 Å². The van der Waals surface area contributed by atoms with Crippen LogP contribution in [0.2, 0.25) is 0 Å². The van der Waals surface area contributed by atoms with Crippen molar-refractivity contribution in [3.05, 3.63) is 59.2 Å². The number of nitrogens with zero attached hydrogens (tertiary/aromatic N) is 2. The lowest BCUT2D eigenvalue weighted by atomic mass is 10.0. The quantitative estimate of drug-likeness (QED) is 0.392. The number of hydrazine groups is 1. The maximum atomic E-state index is 11.2. The number of aromatic nitrogens is 2. The maximum absolute atomic E-state index is 11.2. The van der Waals surface area contributed by atoms with Crippen molar-refractivity contribution in [2.45, 2.75) is 19.3 Å². The topological polar surface area (TPSA) is 124 Å². The molecule has 24 heavy (non-hydrogen) atoms. The molecule has 1 heterocycles. The zero-order chi connectivity index (χ0) is 15.9. The summed E-state index contributed by atoms with van der Waals surface area (Å²) in [5, 5.41) is 0. The van der Waals surface area contributed by atoms with Gasteiger partial charge >= 0.3 is 0 Å². The number of aryl methyl sites for hydroxylation is 2. The molecule has 130 valence electrons. The summed E-state index contributed by atoms with van der Waals surface area (Å²) in [6, 6.07) is 7.72. The van der Waals surface area contributed by atoms with Gasteiger partial charge in [0.1, 0.15) is 5.69 Å². The molecule has 0 saturated heterocycles. The molecule has 1 aromatic carbocycles. The molecular weight excluding hydrogens is 353 g/mol. The molecule has 9 heteroatoms. The van der Waals surface area contributed by atoms with E-state index in [0.29, 0.717) is 6.42 Å². The van der Waals surface area contributed by atoms with Gasteiger partial charge in [0.05, 0.1) is 18.3 Å². The van der Waals surface area contributed by atoms with Crippen LogP contribution in [0.3, 0.4) is 0 Å². The minimum atomic E-state index is -0.587. The highest BCUT2D eigenvalue weighted by atomic mass is 35.5. The maximum Gasteiger partial charge on any atom is 0.268 e. The van der Waals surface area contributed by atoms with Crippen molar-refractivity contribution in [3.8, 4) is 0 Å². The smallest absolute Gasteiger partial charge is 0.268 e. The molecule has 0 spiro atoms. The molecule has 0 bridgehead atoms. The summed E-state index contributed by atoms with van der Waals surface area (Å²) in [7, 11) is 0. The molecule has 0 fully saturated rings. The molecule has 0 aliphatic carbocycles. The highest BCUT2D eigenvalue weighted by Gasteiger charge is 2.04. The predicted octanol–water partition coefficient (Wildman–Crippen LogP) is 0.737. The van der Waals surface area contributed by atoms with Gasteiger partial charge in [-0.1, -0.05) is 24.3 Å². The second kappa shape index (κ2) is 10.5. The Bertz CT molecular complexity index is 663. The molecule has 0 radical (unpaired) electrons. The summed E-state index contributed by atoms with van der Waals surface area (Å²) < 4.78 is 0. The highest BCUT2D eigenvalue weighted by Crippen LogP contribution is 2.08.